The third-order valence-corrected chi connectivity index (χ3v) is 4.63. The number of hydrogen-bond acceptors (Lipinski definition) is 0. The summed E-state index contributed by atoms with van der Waals surface area (Å²) in [5.41, 5.74) is 4.98. The van der Waals surface area contributed by atoms with Gasteiger partial charge in [0.15, 0.2) is 0 Å². The summed E-state index contributed by atoms with van der Waals surface area (Å²) in [5.74, 6) is 0. The van der Waals surface area contributed by atoms with Gasteiger partial charge in [-0.3, -0.25) is 0 Å². The number of benzene rings is 3. The summed E-state index contributed by atoms with van der Waals surface area (Å²) in [4.78, 5) is 3.51. The van der Waals surface area contributed by atoms with Gasteiger partial charge < -0.3 is 4.98 Å². The Bertz CT molecular complexity index is 921. The maximum Gasteiger partial charge on any atom is 0.0471 e. The van der Waals surface area contributed by atoms with Crippen LogP contribution in [0, 0.1) is 3.57 Å². The third-order valence-electron chi connectivity index (χ3n) is 3.69. The molecule has 1 nitrogen and oxygen atoms in total. The summed E-state index contributed by atoms with van der Waals surface area (Å²) >= 11 is 2.41. The molecule has 0 radical (unpaired) electrons. The molecule has 4 rings (SSSR count). The van der Waals surface area contributed by atoms with E-state index in [4.69, 9.17) is 0 Å². The summed E-state index contributed by atoms with van der Waals surface area (Å²) in [6.07, 6.45) is 0. The minimum absolute atomic E-state index is 1.20. The molecular weight excluding hydrogens is 357 g/mol. The van der Waals surface area contributed by atoms with Crippen LogP contribution in [0.25, 0.3) is 32.9 Å². The van der Waals surface area contributed by atoms with Gasteiger partial charge >= 0.3 is 0 Å². The molecule has 2 heteroatoms. The average molecular weight is 369 g/mol. The van der Waals surface area contributed by atoms with Gasteiger partial charge in [0.05, 0.1) is 0 Å². The van der Waals surface area contributed by atoms with Crippen molar-refractivity contribution in [3.8, 4) is 11.1 Å². The van der Waals surface area contributed by atoms with Crippen molar-refractivity contribution in [2.24, 2.45) is 0 Å². The van der Waals surface area contributed by atoms with E-state index in [2.05, 4.69) is 94.3 Å². The van der Waals surface area contributed by atoms with Crippen molar-refractivity contribution in [2.45, 2.75) is 0 Å². The van der Waals surface area contributed by atoms with Gasteiger partial charge in [-0.15, -0.1) is 0 Å². The summed E-state index contributed by atoms with van der Waals surface area (Å²) < 4.78 is 1.28. The van der Waals surface area contributed by atoms with Crippen LogP contribution in [0.3, 0.4) is 0 Å². The Balaban J connectivity index is 2.17. The molecule has 0 atom stereocenters. The van der Waals surface area contributed by atoms with Crippen LogP contribution in [0.5, 0.6) is 0 Å². The zero-order valence-electron chi connectivity index (χ0n) is 10.7. The van der Waals surface area contributed by atoms with Gasteiger partial charge in [-0.25, -0.2) is 0 Å². The molecule has 0 aliphatic rings. The van der Waals surface area contributed by atoms with Crippen LogP contribution in [-0.4, -0.2) is 4.98 Å². The van der Waals surface area contributed by atoms with Crippen molar-refractivity contribution in [2.75, 3.05) is 0 Å². The summed E-state index contributed by atoms with van der Waals surface area (Å²) in [5, 5.41) is 2.60. The lowest BCUT2D eigenvalue weighted by atomic mass is 9.99. The lowest BCUT2D eigenvalue weighted by molar-refractivity contribution is 1.54. The van der Waals surface area contributed by atoms with Crippen LogP contribution >= 0.6 is 22.6 Å². The van der Waals surface area contributed by atoms with Crippen molar-refractivity contribution in [3.05, 3.63) is 70.3 Å². The molecule has 0 fully saturated rings. The van der Waals surface area contributed by atoms with Gasteiger partial charge in [0.2, 0.25) is 0 Å². The van der Waals surface area contributed by atoms with Crippen LogP contribution in [0.1, 0.15) is 0 Å². The highest BCUT2D eigenvalue weighted by Gasteiger charge is 2.11. The highest BCUT2D eigenvalue weighted by Crippen LogP contribution is 2.36. The fraction of sp³-hybridized carbons (Fsp3) is 0. The second-order valence-electron chi connectivity index (χ2n) is 4.88. The molecule has 0 unspecified atom stereocenters. The number of nitrogens with one attached hydrogen (secondary N) is 1. The Morgan fingerprint density at radius 3 is 2.25 bits per heavy atom. The molecule has 1 N–H and O–H groups in total. The number of rotatable bonds is 1. The van der Waals surface area contributed by atoms with Gasteiger partial charge in [-0.1, -0.05) is 48.5 Å². The first-order valence-electron chi connectivity index (χ1n) is 6.59. The third kappa shape index (κ3) is 1.75. The number of para-hydroxylation sites is 1. The minimum Gasteiger partial charge on any atom is -0.354 e. The number of halogens is 1. The molecule has 0 saturated carbocycles. The predicted octanol–water partition coefficient (Wildman–Crippen LogP) is 5.59. The molecule has 4 aromatic rings. The van der Waals surface area contributed by atoms with Crippen LogP contribution in [0.4, 0.5) is 0 Å². The first-order chi connectivity index (χ1) is 9.84. The number of aromatic amines is 1. The summed E-state index contributed by atoms with van der Waals surface area (Å²) in [6, 6.07) is 23.5. The quantitative estimate of drug-likeness (QED) is 0.421. The normalized spacial score (nSPS) is 11.2. The Kier molecular flexibility index (Phi) is 2.77. The van der Waals surface area contributed by atoms with Crippen LogP contribution in [0.15, 0.2) is 66.7 Å². The molecule has 0 aliphatic carbocycles. The average Bonchev–Trinajstić information content (AvgIpc) is 2.86. The summed E-state index contributed by atoms with van der Waals surface area (Å²) in [7, 11) is 0. The molecule has 0 bridgehead atoms. The van der Waals surface area contributed by atoms with Crippen LogP contribution < -0.4 is 0 Å². The molecule has 96 valence electrons. The van der Waals surface area contributed by atoms with E-state index in [-0.39, 0.29) is 0 Å². The largest absolute Gasteiger partial charge is 0.354 e. The molecule has 20 heavy (non-hydrogen) atoms. The SMILES string of the molecule is Ic1ccccc1-c1cccc2[nH]c3ccccc3c12. The minimum atomic E-state index is 1.20. The standard InChI is InChI=1S/C18H12IN/c19-15-9-3-1-6-12(15)13-8-5-11-17-18(13)14-7-2-4-10-16(14)20-17/h1-11,20H. The monoisotopic (exact) mass is 369 g/mol. The fourth-order valence-electron chi connectivity index (χ4n) is 2.81. The van der Waals surface area contributed by atoms with Gasteiger partial charge in [0.25, 0.3) is 0 Å². The second kappa shape index (κ2) is 4.63. The number of H-pyrrole nitrogens is 1. The topological polar surface area (TPSA) is 15.8 Å². The van der Waals surface area contributed by atoms with Gasteiger partial charge in [0, 0.05) is 25.4 Å². The van der Waals surface area contributed by atoms with Gasteiger partial charge in [-0.05, 0) is 51.9 Å². The second-order valence-corrected chi connectivity index (χ2v) is 6.04. The van der Waals surface area contributed by atoms with E-state index in [1.54, 1.807) is 0 Å². The predicted molar refractivity (Wildman–Crippen MR) is 94.0 cm³/mol. The van der Waals surface area contributed by atoms with E-state index >= 15 is 0 Å². The Labute approximate surface area is 130 Å². The summed E-state index contributed by atoms with van der Waals surface area (Å²) in [6.45, 7) is 0. The zero-order valence-corrected chi connectivity index (χ0v) is 12.9. The highest BCUT2D eigenvalue weighted by atomic mass is 127. The smallest absolute Gasteiger partial charge is 0.0471 e. The van der Waals surface area contributed by atoms with Crippen LogP contribution in [0.2, 0.25) is 0 Å². The Morgan fingerprint density at radius 1 is 0.650 bits per heavy atom. The zero-order chi connectivity index (χ0) is 13.5. The maximum absolute atomic E-state index is 3.51. The molecule has 0 saturated heterocycles. The van der Waals surface area contributed by atoms with Gasteiger partial charge in [-0.2, -0.15) is 0 Å². The van der Waals surface area contributed by atoms with E-state index in [1.807, 2.05) is 0 Å². The highest BCUT2D eigenvalue weighted by molar-refractivity contribution is 14.1. The molecule has 0 aliphatic heterocycles. The fourth-order valence-corrected chi connectivity index (χ4v) is 3.48. The van der Waals surface area contributed by atoms with E-state index < -0.39 is 0 Å². The van der Waals surface area contributed by atoms with Crippen molar-refractivity contribution in [3.63, 3.8) is 0 Å². The van der Waals surface area contributed by atoms with E-state index in [1.165, 1.54) is 36.5 Å². The Morgan fingerprint density at radius 2 is 1.35 bits per heavy atom. The molecular formula is C18H12IN. The Hall–Kier alpha value is -1.81. The number of hydrogen-bond donors (Lipinski definition) is 1. The molecule has 1 aromatic heterocycles. The molecule has 1 heterocycles. The maximum atomic E-state index is 3.51. The molecule has 3 aromatic carbocycles. The lowest BCUT2D eigenvalue weighted by Crippen LogP contribution is -1.83. The van der Waals surface area contributed by atoms with E-state index in [9.17, 15) is 0 Å². The number of fused-ring (bicyclic) bond motifs is 3. The van der Waals surface area contributed by atoms with E-state index in [0.717, 1.165) is 0 Å². The van der Waals surface area contributed by atoms with Gasteiger partial charge in [0.1, 0.15) is 0 Å². The van der Waals surface area contributed by atoms with E-state index in [0.29, 0.717) is 0 Å². The first-order valence-corrected chi connectivity index (χ1v) is 7.67. The van der Waals surface area contributed by atoms with Crippen molar-refractivity contribution < 1.29 is 0 Å². The lowest BCUT2D eigenvalue weighted by Gasteiger charge is -2.06. The molecule has 0 spiro atoms. The number of aromatic nitrogens is 1. The van der Waals surface area contributed by atoms with Crippen molar-refractivity contribution >= 4 is 44.4 Å². The van der Waals surface area contributed by atoms with Crippen molar-refractivity contribution in [1.29, 1.82) is 0 Å². The van der Waals surface area contributed by atoms with Crippen molar-refractivity contribution in [1.82, 2.24) is 4.98 Å². The molecule has 0 amide bonds. The van der Waals surface area contributed by atoms with Crippen LogP contribution in [-0.2, 0) is 0 Å². The first kappa shape index (κ1) is 12.0.